The molecule has 2 rings (SSSR count). The van der Waals surface area contributed by atoms with Crippen LogP contribution in [-0.2, 0) is 16.3 Å². The van der Waals surface area contributed by atoms with Crippen LogP contribution in [0.3, 0.4) is 0 Å². The first kappa shape index (κ1) is 20.4. The lowest BCUT2D eigenvalue weighted by Gasteiger charge is -2.25. The fourth-order valence-electron chi connectivity index (χ4n) is 2.60. The van der Waals surface area contributed by atoms with Crippen molar-refractivity contribution in [1.82, 2.24) is 9.97 Å². The third kappa shape index (κ3) is 4.63. The van der Waals surface area contributed by atoms with Gasteiger partial charge in [0, 0.05) is 40.1 Å². The number of nitrogens with zero attached hydrogens (tertiary/aromatic N) is 5. The van der Waals surface area contributed by atoms with E-state index >= 15 is 0 Å². The van der Waals surface area contributed by atoms with Gasteiger partial charge in [0.05, 0.1) is 17.0 Å². The maximum absolute atomic E-state index is 11.3. The monoisotopic (exact) mass is 395 g/mol. The van der Waals surface area contributed by atoms with Gasteiger partial charge in [0.1, 0.15) is 5.15 Å². The van der Waals surface area contributed by atoms with Gasteiger partial charge in [-0.1, -0.05) is 23.6 Å². The summed E-state index contributed by atoms with van der Waals surface area (Å²) < 4.78 is 17.2. The van der Waals surface area contributed by atoms with E-state index in [9.17, 15) is 4.21 Å². The molecule has 0 unspecified atom stereocenters. The van der Waals surface area contributed by atoms with E-state index in [0.717, 1.165) is 10.9 Å². The molecule has 140 valence electrons. The Labute approximate surface area is 160 Å². The zero-order valence-corrected chi connectivity index (χ0v) is 16.8. The van der Waals surface area contributed by atoms with Crippen molar-refractivity contribution in [2.24, 2.45) is 5.11 Å². The van der Waals surface area contributed by atoms with Crippen molar-refractivity contribution in [2.75, 3.05) is 12.0 Å². The molecule has 7 nitrogen and oxygen atoms in total. The van der Waals surface area contributed by atoms with E-state index in [1.54, 1.807) is 24.7 Å². The van der Waals surface area contributed by atoms with Gasteiger partial charge in [-0.15, -0.1) is 0 Å². The number of rotatable bonds is 8. The highest BCUT2D eigenvalue weighted by molar-refractivity contribution is 7.84. The van der Waals surface area contributed by atoms with Gasteiger partial charge in [0.25, 0.3) is 0 Å². The van der Waals surface area contributed by atoms with Gasteiger partial charge in [-0.05, 0) is 49.2 Å². The zero-order valence-electron chi connectivity index (χ0n) is 15.3. The third-order valence-corrected chi connectivity index (χ3v) is 5.38. The molecular formula is C17H22ClN5O2S. The van der Waals surface area contributed by atoms with Crippen LogP contribution >= 0.6 is 11.6 Å². The van der Waals surface area contributed by atoms with Crippen molar-refractivity contribution >= 4 is 33.2 Å². The van der Waals surface area contributed by atoms with E-state index in [4.69, 9.17) is 21.9 Å². The summed E-state index contributed by atoms with van der Waals surface area (Å²) in [6.45, 7) is 5.71. The molecule has 0 spiro atoms. The number of fused-ring (bicyclic) bond motifs is 1. The first-order valence-electron chi connectivity index (χ1n) is 8.28. The van der Waals surface area contributed by atoms with Crippen LogP contribution in [0.15, 0.2) is 23.6 Å². The highest BCUT2D eigenvalue weighted by atomic mass is 35.5. The highest BCUT2D eigenvalue weighted by Crippen LogP contribution is 2.37. The minimum Gasteiger partial charge on any atom is -0.474 e. The summed E-state index contributed by atoms with van der Waals surface area (Å²) in [5.41, 5.74) is 8.96. The SMILES string of the molecule is CC[C@@](C)(N=[N+]=[N-])c1cnc(O[C@H](C)CC[S@@](C)=O)c2cnc(Cl)cc12. The minimum atomic E-state index is -0.870. The van der Waals surface area contributed by atoms with E-state index < -0.39 is 16.3 Å². The Hall–Kier alpha value is -1.89. The minimum absolute atomic E-state index is 0.147. The lowest BCUT2D eigenvalue weighted by Crippen LogP contribution is -2.19. The van der Waals surface area contributed by atoms with Crippen LogP contribution in [0.25, 0.3) is 21.2 Å². The van der Waals surface area contributed by atoms with Gasteiger partial charge in [0.15, 0.2) is 0 Å². The van der Waals surface area contributed by atoms with Crippen LogP contribution in [0.1, 0.15) is 39.2 Å². The van der Waals surface area contributed by atoms with Gasteiger partial charge in [0.2, 0.25) is 5.88 Å². The van der Waals surface area contributed by atoms with Crippen LogP contribution in [-0.4, -0.2) is 32.3 Å². The summed E-state index contributed by atoms with van der Waals surface area (Å²) in [5, 5.41) is 5.79. The van der Waals surface area contributed by atoms with Crippen LogP contribution in [0, 0.1) is 0 Å². The van der Waals surface area contributed by atoms with E-state index in [2.05, 4.69) is 20.0 Å². The maximum Gasteiger partial charge on any atom is 0.223 e. The number of halogens is 1. The molecule has 0 aliphatic heterocycles. The molecule has 0 saturated carbocycles. The molecule has 0 aliphatic rings. The Morgan fingerprint density at radius 3 is 2.77 bits per heavy atom. The second kappa shape index (κ2) is 8.66. The number of hydrogen-bond donors (Lipinski definition) is 0. The Morgan fingerprint density at radius 1 is 1.42 bits per heavy atom. The van der Waals surface area contributed by atoms with Crippen LogP contribution < -0.4 is 4.74 Å². The van der Waals surface area contributed by atoms with Crippen molar-refractivity contribution < 1.29 is 8.95 Å². The molecule has 0 saturated heterocycles. The van der Waals surface area contributed by atoms with E-state index in [1.807, 2.05) is 20.8 Å². The summed E-state index contributed by atoms with van der Waals surface area (Å²) in [7, 11) is -0.870. The molecule has 0 aliphatic carbocycles. The molecule has 0 aromatic carbocycles. The van der Waals surface area contributed by atoms with E-state index in [1.165, 1.54) is 0 Å². The van der Waals surface area contributed by atoms with Gasteiger partial charge in [-0.25, -0.2) is 9.97 Å². The Kier molecular flexibility index (Phi) is 6.81. The quantitative estimate of drug-likeness (QED) is 0.278. The number of aromatic nitrogens is 2. The normalized spacial score (nSPS) is 15.7. The lowest BCUT2D eigenvalue weighted by atomic mass is 9.88. The summed E-state index contributed by atoms with van der Waals surface area (Å²) >= 11 is 6.09. The number of ether oxygens (including phenoxy) is 1. The van der Waals surface area contributed by atoms with Crippen LogP contribution in [0.5, 0.6) is 5.88 Å². The maximum atomic E-state index is 11.3. The summed E-state index contributed by atoms with van der Waals surface area (Å²) in [6.07, 6.45) is 6.05. The standard InChI is InChI=1S/C17H22ClN5O2S/c1-5-17(3,22-23-19)14-10-21-16(25-11(2)6-7-26(4)24)13-9-20-15(18)8-12(13)14/h8-11H,5-7H2,1-4H3/t11-,17-,26-/m1/s1. The number of hydrogen-bond acceptors (Lipinski definition) is 5. The summed E-state index contributed by atoms with van der Waals surface area (Å²) in [4.78, 5) is 11.6. The van der Waals surface area contributed by atoms with Crippen molar-refractivity contribution in [3.8, 4) is 5.88 Å². The molecular weight excluding hydrogens is 374 g/mol. The van der Waals surface area contributed by atoms with Crippen molar-refractivity contribution in [1.29, 1.82) is 0 Å². The summed E-state index contributed by atoms with van der Waals surface area (Å²) in [6, 6.07) is 1.73. The topological polar surface area (TPSA) is 101 Å². The van der Waals surface area contributed by atoms with E-state index in [0.29, 0.717) is 35.0 Å². The first-order chi connectivity index (χ1) is 12.3. The molecule has 0 N–H and O–H groups in total. The average Bonchev–Trinajstić information content (AvgIpc) is 2.60. The molecule has 0 radical (unpaired) electrons. The van der Waals surface area contributed by atoms with Gasteiger partial charge in [-0.3, -0.25) is 4.21 Å². The molecule has 0 fully saturated rings. The fraction of sp³-hybridized carbons (Fsp3) is 0.529. The number of pyridine rings is 2. The third-order valence-electron chi connectivity index (χ3n) is 4.36. The van der Waals surface area contributed by atoms with Gasteiger partial charge in [-0.2, -0.15) is 0 Å². The molecule has 0 amide bonds. The molecule has 2 aromatic rings. The Balaban J connectivity index is 2.52. The highest BCUT2D eigenvalue weighted by Gasteiger charge is 2.27. The predicted octanol–water partition coefficient (Wildman–Crippen LogP) is 4.75. The van der Waals surface area contributed by atoms with Crippen molar-refractivity contribution in [2.45, 2.75) is 45.3 Å². The molecule has 9 heteroatoms. The van der Waals surface area contributed by atoms with E-state index in [-0.39, 0.29) is 6.10 Å². The number of azide groups is 1. The Bertz CT molecular complexity index is 872. The van der Waals surface area contributed by atoms with Crippen molar-refractivity contribution in [3.05, 3.63) is 39.6 Å². The predicted molar refractivity (Wildman–Crippen MR) is 105 cm³/mol. The Morgan fingerprint density at radius 2 is 2.15 bits per heavy atom. The second-order valence-corrected chi connectivity index (χ2v) is 8.28. The van der Waals surface area contributed by atoms with Crippen LogP contribution in [0.2, 0.25) is 5.15 Å². The molecule has 26 heavy (non-hydrogen) atoms. The first-order valence-corrected chi connectivity index (χ1v) is 10.4. The van der Waals surface area contributed by atoms with Crippen molar-refractivity contribution in [3.63, 3.8) is 0 Å². The second-order valence-electron chi connectivity index (χ2n) is 6.34. The molecule has 2 aromatic heterocycles. The fourth-order valence-corrected chi connectivity index (χ4v) is 3.43. The lowest BCUT2D eigenvalue weighted by molar-refractivity contribution is 0.212. The molecule has 2 heterocycles. The van der Waals surface area contributed by atoms with Gasteiger partial charge < -0.3 is 4.74 Å². The molecule has 0 bridgehead atoms. The largest absolute Gasteiger partial charge is 0.474 e. The van der Waals surface area contributed by atoms with Crippen LogP contribution in [0.4, 0.5) is 0 Å². The average molecular weight is 396 g/mol. The summed E-state index contributed by atoms with van der Waals surface area (Å²) in [5.74, 6) is 0.994. The zero-order chi connectivity index (χ0) is 19.3. The van der Waals surface area contributed by atoms with Gasteiger partial charge >= 0.3 is 0 Å². The smallest absolute Gasteiger partial charge is 0.223 e. The molecule has 3 atom stereocenters.